The third-order valence-corrected chi connectivity index (χ3v) is 2.48. The molecule has 0 bridgehead atoms. The number of carbonyl (C=O) groups is 2. The maximum absolute atomic E-state index is 11.5. The van der Waals surface area contributed by atoms with Crippen molar-refractivity contribution in [3.63, 3.8) is 0 Å². The highest BCUT2D eigenvalue weighted by Crippen LogP contribution is 2.21. The Morgan fingerprint density at radius 2 is 1.88 bits per heavy atom. The van der Waals surface area contributed by atoms with E-state index in [-0.39, 0.29) is 18.5 Å². The van der Waals surface area contributed by atoms with Crippen molar-refractivity contribution in [2.45, 2.75) is 41.0 Å². The van der Waals surface area contributed by atoms with Crippen LogP contribution >= 0.6 is 0 Å². The highest BCUT2D eigenvalue weighted by molar-refractivity contribution is 5.82. The molecule has 94 valence electrons. The van der Waals surface area contributed by atoms with Crippen LogP contribution in [0.1, 0.15) is 41.0 Å². The zero-order valence-electron chi connectivity index (χ0n) is 10.9. The van der Waals surface area contributed by atoms with Gasteiger partial charge in [0, 0.05) is 6.54 Å². The monoisotopic (exact) mass is 229 g/mol. The molecule has 4 heteroatoms. The van der Waals surface area contributed by atoms with Crippen molar-refractivity contribution in [2.75, 3.05) is 13.2 Å². The predicted molar refractivity (Wildman–Crippen MR) is 62.9 cm³/mol. The third-order valence-electron chi connectivity index (χ3n) is 2.48. The molecule has 0 aliphatic carbocycles. The lowest BCUT2D eigenvalue weighted by atomic mass is 9.91. The molecule has 0 aliphatic heterocycles. The summed E-state index contributed by atoms with van der Waals surface area (Å²) in [4.78, 5) is 22.8. The number of ether oxygens (including phenoxy) is 1. The lowest BCUT2D eigenvalue weighted by Gasteiger charge is -2.20. The Morgan fingerprint density at radius 1 is 1.31 bits per heavy atom. The first-order valence-corrected chi connectivity index (χ1v) is 5.73. The molecule has 0 aromatic heterocycles. The van der Waals surface area contributed by atoms with Crippen LogP contribution in [0.4, 0.5) is 0 Å². The molecule has 16 heavy (non-hydrogen) atoms. The van der Waals surface area contributed by atoms with Gasteiger partial charge in [0.15, 0.2) is 6.61 Å². The molecule has 1 N–H and O–H groups in total. The summed E-state index contributed by atoms with van der Waals surface area (Å²) >= 11 is 0. The molecule has 0 rings (SSSR count). The van der Waals surface area contributed by atoms with E-state index < -0.39 is 5.41 Å². The van der Waals surface area contributed by atoms with Crippen molar-refractivity contribution in [3.8, 4) is 0 Å². The fourth-order valence-corrected chi connectivity index (χ4v) is 0.840. The summed E-state index contributed by atoms with van der Waals surface area (Å²) in [6.07, 6.45) is 0.694. The summed E-state index contributed by atoms with van der Waals surface area (Å²) in [7, 11) is 0. The van der Waals surface area contributed by atoms with E-state index in [2.05, 4.69) is 5.32 Å². The average molecular weight is 229 g/mol. The minimum Gasteiger partial charge on any atom is -0.455 e. The van der Waals surface area contributed by atoms with Gasteiger partial charge in [0.1, 0.15) is 0 Å². The average Bonchev–Trinajstić information content (AvgIpc) is 2.22. The summed E-state index contributed by atoms with van der Waals surface area (Å²) in [5.41, 5.74) is -0.516. The van der Waals surface area contributed by atoms with E-state index in [1.54, 1.807) is 13.8 Å². The number of esters is 1. The minimum atomic E-state index is -0.516. The fourth-order valence-electron chi connectivity index (χ4n) is 0.840. The van der Waals surface area contributed by atoms with Crippen LogP contribution in [-0.4, -0.2) is 25.0 Å². The van der Waals surface area contributed by atoms with Crippen LogP contribution < -0.4 is 5.32 Å². The van der Waals surface area contributed by atoms with Crippen molar-refractivity contribution in [3.05, 3.63) is 0 Å². The largest absolute Gasteiger partial charge is 0.455 e. The quantitative estimate of drug-likeness (QED) is 0.706. The van der Waals surface area contributed by atoms with Gasteiger partial charge in [-0.3, -0.25) is 9.59 Å². The summed E-state index contributed by atoms with van der Waals surface area (Å²) in [5, 5.41) is 2.69. The van der Waals surface area contributed by atoms with Gasteiger partial charge in [0.05, 0.1) is 5.41 Å². The molecule has 0 atom stereocenters. The zero-order valence-corrected chi connectivity index (χ0v) is 10.9. The maximum atomic E-state index is 11.5. The number of nitrogens with one attached hydrogen (secondary N) is 1. The Labute approximate surface area is 97.7 Å². The Morgan fingerprint density at radius 3 is 2.31 bits per heavy atom. The van der Waals surface area contributed by atoms with Gasteiger partial charge in [0.2, 0.25) is 0 Å². The number of amides is 1. The smallest absolute Gasteiger partial charge is 0.312 e. The topological polar surface area (TPSA) is 55.4 Å². The number of hydrogen-bond donors (Lipinski definition) is 1. The molecule has 0 aromatic carbocycles. The molecule has 0 aliphatic rings. The van der Waals surface area contributed by atoms with Gasteiger partial charge in [-0.05, 0) is 26.2 Å². The minimum absolute atomic E-state index is 0.186. The lowest BCUT2D eigenvalue weighted by Crippen LogP contribution is -2.34. The van der Waals surface area contributed by atoms with Crippen LogP contribution in [0.3, 0.4) is 0 Å². The lowest BCUT2D eigenvalue weighted by molar-refractivity contribution is -0.157. The van der Waals surface area contributed by atoms with Crippen LogP contribution in [0.5, 0.6) is 0 Å². The van der Waals surface area contributed by atoms with Gasteiger partial charge in [-0.1, -0.05) is 20.8 Å². The summed E-state index contributed by atoms with van der Waals surface area (Å²) in [6.45, 7) is 9.96. The van der Waals surface area contributed by atoms with Gasteiger partial charge in [-0.25, -0.2) is 0 Å². The number of hydrogen-bond acceptors (Lipinski definition) is 3. The van der Waals surface area contributed by atoms with Crippen LogP contribution in [0.25, 0.3) is 0 Å². The molecule has 0 saturated heterocycles. The molecule has 0 spiro atoms. The molecule has 0 unspecified atom stereocenters. The van der Waals surface area contributed by atoms with Crippen molar-refractivity contribution in [1.82, 2.24) is 5.32 Å². The number of carbonyl (C=O) groups excluding carboxylic acids is 2. The van der Waals surface area contributed by atoms with Crippen molar-refractivity contribution >= 4 is 11.9 Å². The van der Waals surface area contributed by atoms with Gasteiger partial charge in [-0.15, -0.1) is 0 Å². The van der Waals surface area contributed by atoms with Crippen molar-refractivity contribution in [1.29, 1.82) is 0 Å². The van der Waals surface area contributed by atoms with E-state index in [0.717, 1.165) is 0 Å². The van der Waals surface area contributed by atoms with Crippen molar-refractivity contribution in [2.24, 2.45) is 11.3 Å². The normalized spacial score (nSPS) is 11.4. The first-order valence-electron chi connectivity index (χ1n) is 5.73. The highest BCUT2D eigenvalue weighted by atomic mass is 16.5. The van der Waals surface area contributed by atoms with Crippen LogP contribution in [-0.2, 0) is 14.3 Å². The second-order valence-electron chi connectivity index (χ2n) is 5.01. The molecule has 1 amide bonds. The zero-order chi connectivity index (χ0) is 12.8. The third kappa shape index (κ3) is 5.73. The fraction of sp³-hybridized carbons (Fsp3) is 0.833. The molecule has 0 saturated carbocycles. The van der Waals surface area contributed by atoms with Gasteiger partial charge in [-0.2, -0.15) is 0 Å². The molecular weight excluding hydrogens is 206 g/mol. The van der Waals surface area contributed by atoms with E-state index in [4.69, 9.17) is 4.74 Å². The predicted octanol–water partition coefficient (Wildman–Crippen LogP) is 1.74. The van der Waals surface area contributed by atoms with E-state index in [9.17, 15) is 9.59 Å². The molecule has 0 aromatic rings. The summed E-state index contributed by atoms with van der Waals surface area (Å²) < 4.78 is 4.94. The first-order chi connectivity index (χ1) is 7.29. The Bertz CT molecular complexity index is 247. The van der Waals surface area contributed by atoms with E-state index >= 15 is 0 Å². The molecule has 0 heterocycles. The van der Waals surface area contributed by atoms with E-state index in [0.29, 0.717) is 18.9 Å². The molecule has 0 fully saturated rings. The number of rotatable bonds is 6. The SMILES string of the molecule is CCC(C)(C)C(=O)OCC(=O)NCC(C)C. The van der Waals surface area contributed by atoms with Crippen LogP contribution in [0.15, 0.2) is 0 Å². The van der Waals surface area contributed by atoms with Gasteiger partial charge < -0.3 is 10.1 Å². The summed E-state index contributed by atoms with van der Waals surface area (Å²) in [6, 6.07) is 0. The molecule has 4 nitrogen and oxygen atoms in total. The van der Waals surface area contributed by atoms with E-state index in [1.165, 1.54) is 0 Å². The highest BCUT2D eigenvalue weighted by Gasteiger charge is 2.27. The second kappa shape index (κ2) is 6.51. The van der Waals surface area contributed by atoms with Gasteiger partial charge >= 0.3 is 5.97 Å². The molecular formula is C12H23NO3. The Balaban J connectivity index is 3.89. The Kier molecular flexibility index (Phi) is 6.08. The Hall–Kier alpha value is -1.06. The first kappa shape index (κ1) is 14.9. The summed E-state index contributed by atoms with van der Waals surface area (Å²) in [5.74, 6) is -0.171. The van der Waals surface area contributed by atoms with Gasteiger partial charge in [0.25, 0.3) is 5.91 Å². The van der Waals surface area contributed by atoms with Crippen LogP contribution in [0.2, 0.25) is 0 Å². The van der Waals surface area contributed by atoms with Crippen molar-refractivity contribution < 1.29 is 14.3 Å². The van der Waals surface area contributed by atoms with Crippen LogP contribution in [0, 0.1) is 11.3 Å². The van der Waals surface area contributed by atoms with E-state index in [1.807, 2.05) is 20.8 Å². The second-order valence-corrected chi connectivity index (χ2v) is 5.01. The maximum Gasteiger partial charge on any atom is 0.312 e. The molecule has 0 radical (unpaired) electrons. The standard InChI is InChI=1S/C12H23NO3/c1-6-12(4,5)11(15)16-8-10(14)13-7-9(2)3/h9H,6-8H2,1-5H3,(H,13,14).